The van der Waals surface area contributed by atoms with Gasteiger partial charge in [-0.15, -0.1) is 0 Å². The Bertz CT molecular complexity index is 670. The summed E-state index contributed by atoms with van der Waals surface area (Å²) in [5, 5.41) is 0. The number of halogens is 3. The van der Waals surface area contributed by atoms with E-state index in [0.717, 1.165) is 16.7 Å². The van der Waals surface area contributed by atoms with Gasteiger partial charge in [-0.25, -0.2) is 8.78 Å². The Balaban J connectivity index is 2.05. The van der Waals surface area contributed by atoms with Gasteiger partial charge in [0.05, 0.1) is 18.0 Å². The lowest BCUT2D eigenvalue weighted by Gasteiger charge is -2.15. The lowest BCUT2D eigenvalue weighted by Crippen LogP contribution is -2.03. The van der Waals surface area contributed by atoms with E-state index in [-0.39, 0.29) is 5.56 Å². The van der Waals surface area contributed by atoms with E-state index < -0.39 is 16.5 Å². The maximum absolute atomic E-state index is 14.2. The second-order valence-corrected chi connectivity index (χ2v) is 5.89. The highest BCUT2D eigenvalue weighted by Gasteiger charge is 2.22. The van der Waals surface area contributed by atoms with Crippen molar-refractivity contribution in [2.75, 3.05) is 0 Å². The van der Waals surface area contributed by atoms with Gasteiger partial charge in [-0.05, 0) is 35.2 Å². The zero-order valence-electron chi connectivity index (χ0n) is 10.9. The Labute approximate surface area is 124 Å². The number of rotatable bonds is 2. The maximum atomic E-state index is 14.2. The summed E-state index contributed by atoms with van der Waals surface area (Å²) >= 11 is 3.42. The molecular weight excluding hydrogens is 326 g/mol. The van der Waals surface area contributed by atoms with Gasteiger partial charge in [-0.3, -0.25) is 0 Å². The van der Waals surface area contributed by atoms with Crippen LogP contribution in [0.25, 0.3) is 0 Å². The molecule has 20 heavy (non-hydrogen) atoms. The summed E-state index contributed by atoms with van der Waals surface area (Å²) in [6.07, 6.45) is 0. The van der Waals surface area contributed by atoms with Gasteiger partial charge in [0, 0.05) is 5.56 Å². The molecule has 0 fully saturated rings. The average Bonchev–Trinajstić information content (AvgIpc) is 2.90. The van der Waals surface area contributed by atoms with Crippen molar-refractivity contribution < 1.29 is 13.5 Å². The molecule has 1 aliphatic rings. The van der Waals surface area contributed by atoms with Gasteiger partial charge in [0.1, 0.15) is 11.6 Å². The fraction of sp³-hybridized carbons (Fsp3) is 0.250. The third-order valence-corrected chi connectivity index (χ3v) is 4.60. The average molecular weight is 339 g/mol. The van der Waals surface area contributed by atoms with Crippen LogP contribution in [0.2, 0.25) is 0 Å². The summed E-state index contributed by atoms with van der Waals surface area (Å²) in [5.41, 5.74) is 3.55. The summed E-state index contributed by atoms with van der Waals surface area (Å²) in [4.78, 5) is -0.506. The molecule has 1 heterocycles. The highest BCUT2D eigenvalue weighted by molar-refractivity contribution is 9.09. The summed E-state index contributed by atoms with van der Waals surface area (Å²) < 4.78 is 33.5. The smallest absolute Gasteiger partial charge is 0.133 e. The van der Waals surface area contributed by atoms with Gasteiger partial charge < -0.3 is 4.74 Å². The Morgan fingerprint density at radius 1 is 1.10 bits per heavy atom. The molecular formula is C16H13BrF2O. The monoisotopic (exact) mass is 338 g/mol. The number of aryl methyl sites for hydroxylation is 1. The van der Waals surface area contributed by atoms with Crippen molar-refractivity contribution >= 4 is 15.9 Å². The largest absolute Gasteiger partial charge is 0.372 e. The van der Waals surface area contributed by atoms with Crippen LogP contribution in [0.1, 0.15) is 32.6 Å². The van der Waals surface area contributed by atoms with Crippen LogP contribution in [0, 0.1) is 18.6 Å². The fourth-order valence-electron chi connectivity index (χ4n) is 2.43. The van der Waals surface area contributed by atoms with Gasteiger partial charge in [-0.2, -0.15) is 0 Å². The molecule has 0 spiro atoms. The second-order valence-electron chi connectivity index (χ2n) is 4.98. The molecule has 1 nitrogen and oxygen atoms in total. The summed E-state index contributed by atoms with van der Waals surface area (Å²) in [5.74, 6) is -1.03. The molecule has 2 aromatic rings. The predicted molar refractivity (Wildman–Crippen MR) is 76.8 cm³/mol. The van der Waals surface area contributed by atoms with E-state index >= 15 is 0 Å². The molecule has 1 aliphatic heterocycles. The zero-order chi connectivity index (χ0) is 14.3. The van der Waals surface area contributed by atoms with E-state index in [1.54, 1.807) is 6.92 Å². The zero-order valence-corrected chi connectivity index (χ0v) is 12.5. The molecule has 0 saturated heterocycles. The highest BCUT2D eigenvalue weighted by Crippen LogP contribution is 2.36. The third kappa shape index (κ3) is 2.27. The van der Waals surface area contributed by atoms with E-state index in [4.69, 9.17) is 4.74 Å². The molecule has 0 amide bonds. The normalized spacial score (nSPS) is 15.2. The van der Waals surface area contributed by atoms with Crippen molar-refractivity contribution in [1.82, 2.24) is 0 Å². The quantitative estimate of drug-likeness (QED) is 0.715. The first-order valence-electron chi connectivity index (χ1n) is 6.36. The van der Waals surface area contributed by atoms with Gasteiger partial charge in [-0.1, -0.05) is 40.2 Å². The van der Waals surface area contributed by atoms with E-state index in [1.165, 1.54) is 12.1 Å². The van der Waals surface area contributed by atoms with Crippen molar-refractivity contribution in [2.45, 2.75) is 25.0 Å². The third-order valence-electron chi connectivity index (χ3n) is 3.61. The minimum Gasteiger partial charge on any atom is -0.372 e. The van der Waals surface area contributed by atoms with Crippen LogP contribution in [0.4, 0.5) is 8.78 Å². The molecule has 1 atom stereocenters. The molecule has 2 aromatic carbocycles. The summed E-state index contributed by atoms with van der Waals surface area (Å²) in [7, 11) is 0. The van der Waals surface area contributed by atoms with Gasteiger partial charge >= 0.3 is 0 Å². The molecule has 0 aliphatic carbocycles. The molecule has 0 N–H and O–H groups in total. The molecule has 0 radical (unpaired) electrons. The Morgan fingerprint density at radius 2 is 1.85 bits per heavy atom. The summed E-state index contributed by atoms with van der Waals surface area (Å²) in [6.45, 7) is 2.80. The number of hydrogen-bond acceptors (Lipinski definition) is 1. The van der Waals surface area contributed by atoms with Crippen molar-refractivity contribution in [3.63, 3.8) is 0 Å². The predicted octanol–water partition coefficient (Wildman–Crippen LogP) is 4.79. The van der Waals surface area contributed by atoms with Gasteiger partial charge in [0.25, 0.3) is 0 Å². The number of ether oxygens (including phenoxy) is 1. The first-order valence-corrected chi connectivity index (χ1v) is 7.27. The van der Waals surface area contributed by atoms with Crippen LogP contribution in [0.3, 0.4) is 0 Å². The van der Waals surface area contributed by atoms with Crippen molar-refractivity contribution in [3.8, 4) is 0 Å². The Hall–Kier alpha value is -1.26. The fourth-order valence-corrected chi connectivity index (χ4v) is 3.13. The topological polar surface area (TPSA) is 9.23 Å². The van der Waals surface area contributed by atoms with Crippen LogP contribution in [0.5, 0.6) is 0 Å². The van der Waals surface area contributed by atoms with Crippen molar-refractivity contribution in [2.24, 2.45) is 0 Å². The first-order chi connectivity index (χ1) is 9.58. The minimum absolute atomic E-state index is 0.0591. The van der Waals surface area contributed by atoms with E-state index in [2.05, 4.69) is 15.9 Å². The molecule has 0 aromatic heterocycles. The molecule has 3 rings (SSSR count). The first kappa shape index (κ1) is 13.7. The minimum atomic E-state index is -0.535. The number of alkyl halides is 1. The van der Waals surface area contributed by atoms with E-state index in [9.17, 15) is 8.78 Å². The van der Waals surface area contributed by atoms with Crippen LogP contribution in [0.15, 0.2) is 30.3 Å². The molecule has 4 heteroatoms. The standard InChI is InChI=1S/C16H13BrF2O/c1-9-2-5-13(18)14(16(9)19)15(17)10-3-4-11-7-20-8-12(11)6-10/h2-6,15H,7-8H2,1H3. The molecule has 0 saturated carbocycles. The molecule has 104 valence electrons. The maximum Gasteiger partial charge on any atom is 0.133 e. The Kier molecular flexibility index (Phi) is 3.61. The van der Waals surface area contributed by atoms with E-state index in [1.807, 2.05) is 18.2 Å². The van der Waals surface area contributed by atoms with Crippen LogP contribution in [-0.4, -0.2) is 0 Å². The van der Waals surface area contributed by atoms with Crippen LogP contribution < -0.4 is 0 Å². The van der Waals surface area contributed by atoms with E-state index in [0.29, 0.717) is 18.8 Å². The molecule has 1 unspecified atom stereocenters. The number of benzene rings is 2. The lowest BCUT2D eigenvalue weighted by molar-refractivity contribution is 0.134. The SMILES string of the molecule is Cc1ccc(F)c(C(Br)c2ccc3c(c2)COC3)c1F. The van der Waals surface area contributed by atoms with Gasteiger partial charge in [0.2, 0.25) is 0 Å². The number of fused-ring (bicyclic) bond motifs is 1. The second kappa shape index (κ2) is 5.26. The lowest BCUT2D eigenvalue weighted by atomic mass is 9.98. The highest BCUT2D eigenvalue weighted by atomic mass is 79.9. The van der Waals surface area contributed by atoms with Crippen molar-refractivity contribution in [3.05, 3.63) is 69.8 Å². The van der Waals surface area contributed by atoms with Crippen LogP contribution in [-0.2, 0) is 18.0 Å². The number of hydrogen-bond donors (Lipinski definition) is 0. The summed E-state index contributed by atoms with van der Waals surface area (Å²) in [6, 6.07) is 8.54. The van der Waals surface area contributed by atoms with Crippen molar-refractivity contribution in [1.29, 1.82) is 0 Å². The Morgan fingerprint density at radius 3 is 2.65 bits per heavy atom. The molecule has 0 bridgehead atoms. The van der Waals surface area contributed by atoms with Gasteiger partial charge in [0.15, 0.2) is 0 Å². The van der Waals surface area contributed by atoms with Crippen LogP contribution >= 0.6 is 15.9 Å².